The van der Waals surface area contributed by atoms with Crippen molar-refractivity contribution in [2.45, 2.75) is 31.6 Å². The highest BCUT2D eigenvalue weighted by Crippen LogP contribution is 2.45. The van der Waals surface area contributed by atoms with E-state index in [9.17, 15) is 22.8 Å². The van der Waals surface area contributed by atoms with E-state index in [1.807, 2.05) is 6.07 Å². The molecule has 2 aromatic heterocycles. The number of carbonyl (C=O) groups is 1. The number of amides is 1. The van der Waals surface area contributed by atoms with Crippen LogP contribution in [0.4, 0.5) is 24.7 Å². The molecule has 0 fully saturated rings. The second kappa shape index (κ2) is 8.96. The molecule has 0 bridgehead atoms. The molecule has 4 aromatic rings. The van der Waals surface area contributed by atoms with Crippen LogP contribution in [0.1, 0.15) is 40.1 Å². The van der Waals surface area contributed by atoms with Crippen molar-refractivity contribution in [2.24, 2.45) is 7.05 Å². The molecule has 0 spiro atoms. The molecule has 6 rings (SSSR count). The minimum atomic E-state index is -4.62. The van der Waals surface area contributed by atoms with Crippen LogP contribution in [0.5, 0.6) is 11.5 Å². The fourth-order valence-corrected chi connectivity index (χ4v) is 4.97. The highest BCUT2D eigenvalue weighted by Gasteiger charge is 2.47. The summed E-state index contributed by atoms with van der Waals surface area (Å²) < 4.78 is 56.8. The largest absolute Gasteiger partial charge is 0.454 e. The summed E-state index contributed by atoms with van der Waals surface area (Å²) in [5.41, 5.74) is 1.02. The Morgan fingerprint density at radius 2 is 1.87 bits per heavy atom. The van der Waals surface area contributed by atoms with Crippen molar-refractivity contribution in [3.8, 4) is 17.2 Å². The van der Waals surface area contributed by atoms with Gasteiger partial charge in [0.15, 0.2) is 17.5 Å². The summed E-state index contributed by atoms with van der Waals surface area (Å²) in [5, 5.41) is 9.56. The molecule has 0 radical (unpaired) electrons. The summed E-state index contributed by atoms with van der Waals surface area (Å²) >= 11 is 0. The first-order valence-electron chi connectivity index (χ1n) is 12.1. The van der Waals surface area contributed by atoms with Gasteiger partial charge in [-0.05, 0) is 36.8 Å². The van der Waals surface area contributed by atoms with Crippen LogP contribution in [0, 0.1) is 6.92 Å². The third kappa shape index (κ3) is 4.10. The van der Waals surface area contributed by atoms with Gasteiger partial charge < -0.3 is 20.1 Å². The van der Waals surface area contributed by atoms with Crippen molar-refractivity contribution >= 4 is 17.4 Å². The van der Waals surface area contributed by atoms with Crippen molar-refractivity contribution in [3.63, 3.8) is 0 Å². The number of rotatable bonds is 4. The number of aromatic nitrogens is 4. The third-order valence-corrected chi connectivity index (χ3v) is 7.07. The number of carbonyl (C=O) groups excluding carboxylic acids is 1. The van der Waals surface area contributed by atoms with Gasteiger partial charge >= 0.3 is 6.18 Å². The average Bonchev–Trinajstić information content (AvgIpc) is 3.61. The van der Waals surface area contributed by atoms with Crippen LogP contribution >= 0.6 is 0 Å². The maximum atomic E-state index is 14.1. The standard InChI is InChI=1S/C26H23F3N6O4/c1-14-22(25(37)35(33(14)2)16-6-4-3-5-7-16)32-24(36)17-12-30-34-21(26(27,28)29)11-18(31-23(17)34)15-8-9-19-20(10-15)39-13-38-19/h3-10,12,18,21,31H,11,13H2,1-2H3,(H,32,36)/t18-,21+/m0/s1. The first-order valence-corrected chi connectivity index (χ1v) is 12.1. The predicted octanol–water partition coefficient (Wildman–Crippen LogP) is 4.32. The zero-order chi connectivity index (χ0) is 27.5. The Kier molecular flexibility index (Phi) is 5.66. The predicted molar refractivity (Wildman–Crippen MR) is 135 cm³/mol. The van der Waals surface area contributed by atoms with Crippen molar-refractivity contribution in [1.29, 1.82) is 0 Å². The molecule has 2 aliphatic heterocycles. The van der Waals surface area contributed by atoms with Crippen LogP contribution in [0.15, 0.2) is 59.5 Å². The molecule has 2 aromatic carbocycles. The van der Waals surface area contributed by atoms with E-state index in [2.05, 4.69) is 15.7 Å². The van der Waals surface area contributed by atoms with Crippen LogP contribution in [0.3, 0.4) is 0 Å². The van der Waals surface area contributed by atoms with Gasteiger partial charge in [0, 0.05) is 13.5 Å². The van der Waals surface area contributed by atoms with Gasteiger partial charge in [-0.15, -0.1) is 0 Å². The molecule has 202 valence electrons. The number of benzene rings is 2. The number of halogens is 3. The van der Waals surface area contributed by atoms with Crippen molar-refractivity contribution in [2.75, 3.05) is 17.4 Å². The Morgan fingerprint density at radius 3 is 2.62 bits per heavy atom. The number of nitrogens with zero attached hydrogens (tertiary/aromatic N) is 4. The molecular formula is C26H23F3N6O4. The molecular weight excluding hydrogens is 517 g/mol. The molecule has 4 heterocycles. The van der Waals surface area contributed by atoms with E-state index in [1.165, 1.54) is 4.68 Å². The van der Waals surface area contributed by atoms with Gasteiger partial charge in [0.05, 0.1) is 23.6 Å². The Bertz CT molecular complexity index is 1640. The average molecular weight is 541 g/mol. The van der Waals surface area contributed by atoms with E-state index in [4.69, 9.17) is 9.47 Å². The lowest BCUT2D eigenvalue weighted by atomic mass is 9.96. The van der Waals surface area contributed by atoms with Gasteiger partial charge in [0.25, 0.3) is 11.5 Å². The summed E-state index contributed by atoms with van der Waals surface area (Å²) in [4.78, 5) is 26.6. The topological polar surface area (TPSA) is 104 Å². The fourth-order valence-electron chi connectivity index (χ4n) is 4.97. The monoisotopic (exact) mass is 540 g/mol. The Labute approximate surface area is 219 Å². The first-order chi connectivity index (χ1) is 18.6. The van der Waals surface area contributed by atoms with Crippen LogP contribution in [0.2, 0.25) is 0 Å². The molecule has 0 saturated carbocycles. The number of nitrogens with one attached hydrogen (secondary N) is 2. The number of hydrogen-bond donors (Lipinski definition) is 2. The zero-order valence-electron chi connectivity index (χ0n) is 20.8. The van der Waals surface area contributed by atoms with E-state index in [1.54, 1.807) is 61.1 Å². The van der Waals surface area contributed by atoms with E-state index in [-0.39, 0.29) is 30.3 Å². The maximum absolute atomic E-state index is 14.1. The highest BCUT2D eigenvalue weighted by molar-refractivity contribution is 6.07. The van der Waals surface area contributed by atoms with Crippen LogP contribution in [0.25, 0.3) is 5.69 Å². The van der Waals surface area contributed by atoms with Gasteiger partial charge in [-0.25, -0.2) is 9.36 Å². The molecule has 39 heavy (non-hydrogen) atoms. The zero-order valence-corrected chi connectivity index (χ0v) is 20.8. The molecule has 0 unspecified atom stereocenters. The lowest BCUT2D eigenvalue weighted by Crippen LogP contribution is -2.36. The summed E-state index contributed by atoms with van der Waals surface area (Å²) in [7, 11) is 1.67. The number of anilines is 2. The minimum Gasteiger partial charge on any atom is -0.454 e. The summed E-state index contributed by atoms with van der Waals surface area (Å²) in [6, 6.07) is 11.0. The maximum Gasteiger partial charge on any atom is 0.410 e. The van der Waals surface area contributed by atoms with E-state index >= 15 is 0 Å². The minimum absolute atomic E-state index is 0.0156. The smallest absolute Gasteiger partial charge is 0.410 e. The summed E-state index contributed by atoms with van der Waals surface area (Å²) in [6.45, 7) is 1.70. The van der Waals surface area contributed by atoms with Gasteiger partial charge in [-0.2, -0.15) is 18.3 Å². The lowest BCUT2D eigenvalue weighted by molar-refractivity contribution is -0.173. The lowest BCUT2D eigenvalue weighted by Gasteiger charge is -2.34. The van der Waals surface area contributed by atoms with E-state index in [0.717, 1.165) is 10.9 Å². The highest BCUT2D eigenvalue weighted by atomic mass is 19.4. The van der Waals surface area contributed by atoms with Crippen LogP contribution < -0.4 is 25.7 Å². The van der Waals surface area contributed by atoms with E-state index in [0.29, 0.717) is 28.4 Å². The van der Waals surface area contributed by atoms with E-state index < -0.39 is 29.7 Å². The number of hydrogen-bond acceptors (Lipinski definition) is 6. The molecule has 2 N–H and O–H groups in total. The number of alkyl halides is 3. The fraction of sp³-hybridized carbons (Fsp3) is 0.269. The Balaban J connectivity index is 1.35. The molecule has 10 nitrogen and oxygen atoms in total. The summed E-state index contributed by atoms with van der Waals surface area (Å²) in [5.74, 6) is 0.0818. The first kappa shape index (κ1) is 24.6. The Morgan fingerprint density at radius 1 is 1.13 bits per heavy atom. The normalized spacial score (nSPS) is 18.0. The second-order valence-corrected chi connectivity index (χ2v) is 9.34. The molecule has 0 aliphatic carbocycles. The molecule has 2 aliphatic rings. The molecule has 2 atom stereocenters. The van der Waals surface area contributed by atoms with Crippen molar-refractivity contribution < 1.29 is 27.4 Å². The van der Waals surface area contributed by atoms with Gasteiger partial charge in [-0.1, -0.05) is 24.3 Å². The molecule has 0 saturated heterocycles. The third-order valence-electron chi connectivity index (χ3n) is 7.07. The number of fused-ring (bicyclic) bond motifs is 2. The van der Waals surface area contributed by atoms with Gasteiger partial charge in [0.1, 0.15) is 17.1 Å². The van der Waals surface area contributed by atoms with Gasteiger partial charge in [0.2, 0.25) is 6.79 Å². The number of para-hydroxylation sites is 1. The summed E-state index contributed by atoms with van der Waals surface area (Å²) in [6.07, 6.45) is -3.89. The quantitative estimate of drug-likeness (QED) is 0.400. The Hall–Kier alpha value is -4.68. The SMILES string of the molecule is Cc1c(NC(=O)c2cnn3c2N[C@H](c2ccc4c(c2)OCO4)C[C@@H]3C(F)(F)F)c(=O)n(-c2ccccc2)n1C. The number of ether oxygens (including phenoxy) is 2. The van der Waals surface area contributed by atoms with Crippen LogP contribution in [-0.2, 0) is 7.05 Å². The molecule has 13 heteroatoms. The van der Waals surface area contributed by atoms with Gasteiger partial charge in [-0.3, -0.25) is 14.3 Å². The van der Waals surface area contributed by atoms with Crippen molar-refractivity contribution in [3.05, 3.63) is 81.9 Å². The van der Waals surface area contributed by atoms with Crippen LogP contribution in [-0.4, -0.2) is 38.0 Å². The van der Waals surface area contributed by atoms with Crippen molar-refractivity contribution in [1.82, 2.24) is 19.1 Å². The molecule has 1 amide bonds. The second-order valence-electron chi connectivity index (χ2n) is 9.34.